The number of H-pyrrole nitrogens is 1. The van der Waals surface area contributed by atoms with Crippen molar-refractivity contribution >= 4 is 32.8 Å². The van der Waals surface area contributed by atoms with Crippen molar-refractivity contribution in [1.29, 1.82) is 0 Å². The van der Waals surface area contributed by atoms with E-state index in [0.717, 1.165) is 10.9 Å². The van der Waals surface area contributed by atoms with Gasteiger partial charge in [-0.3, -0.25) is 4.99 Å². The molecule has 0 aliphatic rings. The molecule has 3 rings (SSSR count). The highest BCUT2D eigenvalue weighted by molar-refractivity contribution is 7.89. The van der Waals surface area contributed by atoms with Crippen molar-refractivity contribution in [3.63, 3.8) is 0 Å². The molecule has 0 amide bonds. The Balaban J connectivity index is 0.00000192. The Morgan fingerprint density at radius 2 is 1.74 bits per heavy atom. The van der Waals surface area contributed by atoms with Crippen LogP contribution in [0.4, 0.5) is 5.69 Å². The van der Waals surface area contributed by atoms with Crippen molar-refractivity contribution in [2.75, 3.05) is 0 Å². The lowest BCUT2D eigenvalue weighted by Gasteiger charge is -1.98. The van der Waals surface area contributed by atoms with Crippen molar-refractivity contribution in [2.45, 2.75) is 12.3 Å². The van der Waals surface area contributed by atoms with Crippen molar-refractivity contribution in [3.8, 4) is 5.88 Å². The highest BCUT2D eigenvalue weighted by Gasteiger charge is 2.08. The number of nitrogens with one attached hydrogen (secondary N) is 1. The molecule has 0 aliphatic carbocycles. The third-order valence-corrected chi connectivity index (χ3v) is 4.16. The van der Waals surface area contributed by atoms with E-state index in [1.807, 2.05) is 24.3 Å². The van der Waals surface area contributed by atoms with Crippen LogP contribution in [0.15, 0.2) is 58.4 Å². The summed E-state index contributed by atoms with van der Waals surface area (Å²) < 4.78 is 22.4. The Labute approximate surface area is 134 Å². The second kappa shape index (κ2) is 6.23. The van der Waals surface area contributed by atoms with Gasteiger partial charge in [-0.05, 0) is 30.3 Å². The molecule has 4 N–H and O–H groups in total. The molecule has 0 fully saturated rings. The van der Waals surface area contributed by atoms with Gasteiger partial charge in [0.2, 0.25) is 10.0 Å². The summed E-state index contributed by atoms with van der Waals surface area (Å²) in [6.07, 6.45) is 1.53. The van der Waals surface area contributed by atoms with Gasteiger partial charge in [-0.2, -0.15) is 0 Å². The summed E-state index contributed by atoms with van der Waals surface area (Å²) in [4.78, 5) is 7.13. The summed E-state index contributed by atoms with van der Waals surface area (Å²) >= 11 is 0. The van der Waals surface area contributed by atoms with E-state index in [0.29, 0.717) is 11.3 Å². The maximum absolute atomic E-state index is 11.2. The van der Waals surface area contributed by atoms with Crippen molar-refractivity contribution in [3.05, 3.63) is 54.1 Å². The molecular weight excluding hydrogens is 314 g/mol. The fourth-order valence-electron chi connectivity index (χ4n) is 2.14. The molecule has 23 heavy (non-hydrogen) atoms. The second-order valence-corrected chi connectivity index (χ2v) is 6.29. The molecule has 2 aromatic carbocycles. The first kappa shape index (κ1) is 16.7. The highest BCUT2D eigenvalue weighted by Crippen LogP contribution is 2.26. The van der Waals surface area contributed by atoms with Crippen LogP contribution in [-0.4, -0.2) is 24.7 Å². The fourth-order valence-corrected chi connectivity index (χ4v) is 2.66. The molecule has 0 saturated heterocycles. The van der Waals surface area contributed by atoms with Gasteiger partial charge >= 0.3 is 0 Å². The molecule has 120 valence electrons. The average molecular weight is 331 g/mol. The summed E-state index contributed by atoms with van der Waals surface area (Å²) in [7, 11) is -3.71. The minimum absolute atomic E-state index is 0. The summed E-state index contributed by atoms with van der Waals surface area (Å²) in [5, 5.41) is 15.8. The molecule has 0 aliphatic heterocycles. The van der Waals surface area contributed by atoms with Gasteiger partial charge in [0.15, 0.2) is 5.88 Å². The Hall–Kier alpha value is -2.64. The summed E-state index contributed by atoms with van der Waals surface area (Å²) in [6.45, 7) is 0. The molecule has 3 aromatic rings. The predicted molar refractivity (Wildman–Crippen MR) is 91.8 cm³/mol. The number of primary sulfonamides is 1. The number of rotatable bonds is 3. The zero-order chi connectivity index (χ0) is 15.7. The molecule has 1 heterocycles. The highest BCUT2D eigenvalue weighted by atomic mass is 32.2. The molecule has 0 radical (unpaired) electrons. The number of fused-ring (bicyclic) bond motifs is 1. The maximum atomic E-state index is 11.2. The predicted octanol–water partition coefficient (Wildman–Crippen LogP) is 2.91. The number of benzene rings is 2. The smallest absolute Gasteiger partial charge is 0.238 e. The number of hydrogen-bond acceptors (Lipinski definition) is 4. The number of aromatic hydroxyl groups is 1. The molecule has 0 atom stereocenters. The van der Waals surface area contributed by atoms with Gasteiger partial charge in [0, 0.05) is 17.1 Å². The van der Waals surface area contributed by atoms with Gasteiger partial charge in [0.25, 0.3) is 0 Å². The van der Waals surface area contributed by atoms with Crippen molar-refractivity contribution in [2.24, 2.45) is 10.1 Å². The number of aliphatic imine (C=N–C) groups is 1. The van der Waals surface area contributed by atoms with Crippen molar-refractivity contribution < 1.29 is 13.5 Å². The van der Waals surface area contributed by atoms with Crippen LogP contribution in [0.25, 0.3) is 10.9 Å². The third-order valence-electron chi connectivity index (χ3n) is 3.23. The maximum Gasteiger partial charge on any atom is 0.238 e. The number of sulfonamides is 1. The number of para-hydroxylation sites is 1. The molecule has 7 heteroatoms. The Morgan fingerprint density at radius 3 is 2.39 bits per heavy atom. The number of aromatic amines is 1. The quantitative estimate of drug-likeness (QED) is 0.642. The lowest BCUT2D eigenvalue weighted by molar-refractivity contribution is 0.457. The molecule has 1 aromatic heterocycles. The van der Waals surface area contributed by atoms with Gasteiger partial charge < -0.3 is 10.1 Å². The van der Waals surface area contributed by atoms with Crippen LogP contribution in [0.3, 0.4) is 0 Å². The zero-order valence-corrected chi connectivity index (χ0v) is 12.2. The van der Waals surface area contributed by atoms with Crippen LogP contribution in [0.1, 0.15) is 13.0 Å². The number of hydrogen-bond donors (Lipinski definition) is 3. The van der Waals surface area contributed by atoms with Gasteiger partial charge in [0.1, 0.15) is 0 Å². The molecular formula is C16H17N3O3S. The van der Waals surface area contributed by atoms with Crippen LogP contribution < -0.4 is 5.14 Å². The summed E-state index contributed by atoms with van der Waals surface area (Å²) in [5.74, 6) is 0.0334. The standard InChI is InChI=1S/C15H13N3O3S.CH4/c16-22(20,21)11-7-5-10(6-8-11)17-9-13-12-3-1-2-4-14(12)18-15(13)19;/h1-9,18-19H,(H2,16,20,21);1H4. The fraction of sp³-hybridized carbons (Fsp3) is 0.0625. The van der Waals surface area contributed by atoms with Crippen LogP contribution >= 0.6 is 0 Å². The normalized spacial score (nSPS) is 11.7. The first-order valence-electron chi connectivity index (χ1n) is 6.42. The van der Waals surface area contributed by atoms with Crippen LogP contribution in [0, 0.1) is 0 Å². The first-order chi connectivity index (χ1) is 10.4. The van der Waals surface area contributed by atoms with Crippen LogP contribution in [0.5, 0.6) is 5.88 Å². The van der Waals surface area contributed by atoms with E-state index < -0.39 is 10.0 Å². The van der Waals surface area contributed by atoms with Gasteiger partial charge in [-0.15, -0.1) is 0 Å². The van der Waals surface area contributed by atoms with E-state index in [9.17, 15) is 13.5 Å². The minimum atomic E-state index is -3.71. The van der Waals surface area contributed by atoms with E-state index in [-0.39, 0.29) is 18.2 Å². The lowest BCUT2D eigenvalue weighted by Crippen LogP contribution is -2.11. The Kier molecular flexibility index (Phi) is 4.53. The molecule has 0 unspecified atom stereocenters. The van der Waals surface area contributed by atoms with E-state index in [1.165, 1.54) is 18.3 Å². The third kappa shape index (κ3) is 3.41. The molecule has 0 bridgehead atoms. The topological polar surface area (TPSA) is 109 Å². The second-order valence-electron chi connectivity index (χ2n) is 4.73. The average Bonchev–Trinajstić information content (AvgIpc) is 2.80. The summed E-state index contributed by atoms with van der Waals surface area (Å²) in [6, 6.07) is 13.3. The zero-order valence-electron chi connectivity index (χ0n) is 11.4. The first-order valence-corrected chi connectivity index (χ1v) is 7.96. The van der Waals surface area contributed by atoms with E-state index in [2.05, 4.69) is 9.98 Å². The van der Waals surface area contributed by atoms with E-state index in [1.54, 1.807) is 12.1 Å². The Morgan fingerprint density at radius 1 is 1.09 bits per heavy atom. The number of nitrogens with zero attached hydrogens (tertiary/aromatic N) is 1. The van der Waals surface area contributed by atoms with E-state index >= 15 is 0 Å². The van der Waals surface area contributed by atoms with Crippen LogP contribution in [-0.2, 0) is 10.0 Å². The van der Waals surface area contributed by atoms with E-state index in [4.69, 9.17) is 5.14 Å². The van der Waals surface area contributed by atoms with Crippen LogP contribution in [0.2, 0.25) is 0 Å². The largest absolute Gasteiger partial charge is 0.494 e. The molecule has 0 spiro atoms. The van der Waals surface area contributed by atoms with Crippen molar-refractivity contribution in [1.82, 2.24) is 4.98 Å². The Bertz CT molecular complexity index is 958. The summed E-state index contributed by atoms with van der Waals surface area (Å²) in [5.41, 5.74) is 1.94. The molecule has 6 nitrogen and oxygen atoms in total. The van der Waals surface area contributed by atoms with Gasteiger partial charge in [-0.25, -0.2) is 13.6 Å². The number of nitrogens with two attached hydrogens (primary N) is 1. The number of aromatic nitrogens is 1. The molecule has 0 saturated carbocycles. The SMILES string of the molecule is C.NS(=O)(=O)c1ccc(N=Cc2c(O)[nH]c3ccccc23)cc1. The van der Waals surface area contributed by atoms with Gasteiger partial charge in [-0.1, -0.05) is 25.6 Å². The lowest BCUT2D eigenvalue weighted by atomic mass is 10.2. The van der Waals surface area contributed by atoms with Gasteiger partial charge in [0.05, 0.1) is 16.1 Å². The minimum Gasteiger partial charge on any atom is -0.494 e. The monoisotopic (exact) mass is 331 g/mol.